The maximum absolute atomic E-state index is 12.7. The number of benzene rings is 2. The van der Waals surface area contributed by atoms with Gasteiger partial charge >= 0.3 is 0 Å². The number of rotatable bonds is 2. The molecular formula is C17H16N2O. The number of carbonyl (C=O) groups excluding carboxylic acids is 1. The predicted octanol–water partition coefficient (Wildman–Crippen LogP) is 2.17. The Kier molecular flexibility index (Phi) is 3.01. The fourth-order valence-corrected chi connectivity index (χ4v) is 2.48. The quantitative estimate of drug-likeness (QED) is 0.817. The summed E-state index contributed by atoms with van der Waals surface area (Å²) in [5.74, 6) is -0.156. The summed E-state index contributed by atoms with van der Waals surface area (Å²) in [4.78, 5) is 12.7. The summed E-state index contributed by atoms with van der Waals surface area (Å²) >= 11 is 0. The molecule has 3 rings (SSSR count). The Balaban J connectivity index is 2.04. The van der Waals surface area contributed by atoms with E-state index in [4.69, 9.17) is 11.5 Å². The molecule has 0 aliphatic heterocycles. The molecule has 2 aromatic rings. The van der Waals surface area contributed by atoms with Gasteiger partial charge in [-0.05, 0) is 16.8 Å². The van der Waals surface area contributed by atoms with Crippen LogP contribution in [0, 0.1) is 0 Å². The first kappa shape index (κ1) is 12.8. The van der Waals surface area contributed by atoms with Crippen LogP contribution in [0.15, 0.2) is 66.8 Å². The molecule has 2 unspecified atom stereocenters. The molecule has 2 atom stereocenters. The molecular weight excluding hydrogens is 248 g/mol. The maximum atomic E-state index is 12.7. The van der Waals surface area contributed by atoms with Crippen molar-refractivity contribution in [1.29, 1.82) is 0 Å². The fourth-order valence-electron chi connectivity index (χ4n) is 2.48. The van der Waals surface area contributed by atoms with Gasteiger partial charge in [0.15, 0.2) is 5.78 Å². The highest BCUT2D eigenvalue weighted by atomic mass is 16.1. The molecule has 20 heavy (non-hydrogen) atoms. The van der Waals surface area contributed by atoms with E-state index in [1.807, 2.05) is 42.5 Å². The van der Waals surface area contributed by atoms with Crippen LogP contribution >= 0.6 is 0 Å². The van der Waals surface area contributed by atoms with Crippen LogP contribution in [0.2, 0.25) is 0 Å². The Morgan fingerprint density at radius 1 is 1.05 bits per heavy atom. The Labute approximate surface area is 117 Å². The first-order valence-electron chi connectivity index (χ1n) is 6.55. The van der Waals surface area contributed by atoms with Crippen LogP contribution < -0.4 is 11.5 Å². The van der Waals surface area contributed by atoms with Gasteiger partial charge < -0.3 is 11.5 Å². The Morgan fingerprint density at radius 2 is 1.80 bits per heavy atom. The third-order valence-corrected chi connectivity index (χ3v) is 3.76. The van der Waals surface area contributed by atoms with E-state index in [1.165, 1.54) is 0 Å². The second kappa shape index (κ2) is 4.71. The van der Waals surface area contributed by atoms with Gasteiger partial charge in [-0.2, -0.15) is 0 Å². The summed E-state index contributed by atoms with van der Waals surface area (Å²) in [5.41, 5.74) is 11.6. The number of ketones is 1. The minimum absolute atomic E-state index is 0.156. The number of allylic oxidation sites excluding steroid dienone is 2. The van der Waals surface area contributed by atoms with Crippen LogP contribution in [0.4, 0.5) is 0 Å². The zero-order valence-electron chi connectivity index (χ0n) is 11.0. The molecule has 0 heterocycles. The van der Waals surface area contributed by atoms with Crippen molar-refractivity contribution in [2.24, 2.45) is 11.5 Å². The van der Waals surface area contributed by atoms with E-state index in [-0.39, 0.29) is 5.78 Å². The first-order chi connectivity index (χ1) is 9.61. The average molecular weight is 264 g/mol. The first-order valence-corrected chi connectivity index (χ1v) is 6.55. The third kappa shape index (κ3) is 1.97. The molecule has 100 valence electrons. The minimum atomic E-state index is -1.17. The zero-order chi connectivity index (χ0) is 14.2. The van der Waals surface area contributed by atoms with Crippen LogP contribution in [0.3, 0.4) is 0 Å². The van der Waals surface area contributed by atoms with Gasteiger partial charge in [0, 0.05) is 5.56 Å². The monoisotopic (exact) mass is 264 g/mol. The molecule has 0 spiro atoms. The van der Waals surface area contributed by atoms with Crippen molar-refractivity contribution >= 4 is 16.6 Å². The van der Waals surface area contributed by atoms with Crippen LogP contribution in [0.25, 0.3) is 10.8 Å². The topological polar surface area (TPSA) is 69.1 Å². The van der Waals surface area contributed by atoms with Crippen LogP contribution in [0.1, 0.15) is 10.4 Å². The third-order valence-electron chi connectivity index (χ3n) is 3.76. The molecule has 0 amide bonds. The van der Waals surface area contributed by atoms with Crippen molar-refractivity contribution in [3.63, 3.8) is 0 Å². The maximum Gasteiger partial charge on any atom is 0.188 e. The normalized spacial score (nSPS) is 25.0. The van der Waals surface area contributed by atoms with E-state index in [2.05, 4.69) is 0 Å². The number of carbonyl (C=O) groups is 1. The molecule has 2 aromatic carbocycles. The van der Waals surface area contributed by atoms with Gasteiger partial charge in [-0.1, -0.05) is 60.7 Å². The lowest BCUT2D eigenvalue weighted by Gasteiger charge is -2.31. The van der Waals surface area contributed by atoms with Crippen molar-refractivity contribution in [3.8, 4) is 0 Å². The van der Waals surface area contributed by atoms with E-state index < -0.39 is 11.6 Å². The lowest BCUT2D eigenvalue weighted by atomic mass is 9.81. The lowest BCUT2D eigenvalue weighted by molar-refractivity contribution is 0.0912. The second-order valence-corrected chi connectivity index (χ2v) is 5.09. The smallest absolute Gasteiger partial charge is 0.188 e. The molecule has 1 aliphatic rings. The van der Waals surface area contributed by atoms with E-state index in [0.717, 1.165) is 10.8 Å². The molecule has 0 radical (unpaired) electrons. The molecule has 0 bridgehead atoms. The molecule has 3 heteroatoms. The van der Waals surface area contributed by atoms with E-state index >= 15 is 0 Å². The molecule has 4 N–H and O–H groups in total. The van der Waals surface area contributed by atoms with Gasteiger partial charge in [0.1, 0.15) is 5.54 Å². The highest BCUT2D eigenvalue weighted by Gasteiger charge is 2.38. The average Bonchev–Trinajstić information content (AvgIpc) is 2.49. The Morgan fingerprint density at radius 3 is 2.55 bits per heavy atom. The number of Topliss-reactive ketones (excluding diaryl/α,β-unsaturated/α-hetero) is 1. The molecule has 0 aromatic heterocycles. The van der Waals surface area contributed by atoms with Crippen molar-refractivity contribution in [3.05, 3.63) is 72.3 Å². The number of nitrogens with two attached hydrogens (primary N) is 2. The minimum Gasteiger partial charge on any atom is -0.322 e. The summed E-state index contributed by atoms with van der Waals surface area (Å²) in [6.45, 7) is 0. The van der Waals surface area contributed by atoms with Gasteiger partial charge in [0.25, 0.3) is 0 Å². The standard InChI is InChI=1S/C17H16N2O/c18-15-7-3-4-10-17(15,19)16(20)14-9-8-12-5-1-2-6-13(12)11-14/h1-11,15H,18-19H2. The lowest BCUT2D eigenvalue weighted by Crippen LogP contribution is -2.59. The zero-order valence-corrected chi connectivity index (χ0v) is 11.0. The van der Waals surface area contributed by atoms with E-state index in [1.54, 1.807) is 24.3 Å². The van der Waals surface area contributed by atoms with Crippen LogP contribution in [-0.4, -0.2) is 17.4 Å². The molecule has 0 saturated carbocycles. The van der Waals surface area contributed by atoms with Gasteiger partial charge in [-0.25, -0.2) is 0 Å². The largest absolute Gasteiger partial charge is 0.322 e. The van der Waals surface area contributed by atoms with Gasteiger partial charge in [-0.3, -0.25) is 4.79 Å². The van der Waals surface area contributed by atoms with Crippen molar-refractivity contribution in [2.75, 3.05) is 0 Å². The predicted molar refractivity (Wildman–Crippen MR) is 81.5 cm³/mol. The van der Waals surface area contributed by atoms with Gasteiger partial charge in [0.2, 0.25) is 0 Å². The van der Waals surface area contributed by atoms with Gasteiger partial charge in [-0.15, -0.1) is 0 Å². The number of fused-ring (bicyclic) bond motifs is 1. The summed E-state index contributed by atoms with van der Waals surface area (Å²) in [6.07, 6.45) is 7.00. The van der Waals surface area contributed by atoms with Crippen molar-refractivity contribution < 1.29 is 4.79 Å². The molecule has 0 fully saturated rings. The Hall–Kier alpha value is -2.23. The van der Waals surface area contributed by atoms with E-state index in [9.17, 15) is 4.79 Å². The number of hydrogen-bond donors (Lipinski definition) is 2. The number of hydrogen-bond acceptors (Lipinski definition) is 3. The van der Waals surface area contributed by atoms with E-state index in [0.29, 0.717) is 5.56 Å². The highest BCUT2D eigenvalue weighted by Crippen LogP contribution is 2.23. The van der Waals surface area contributed by atoms with Crippen molar-refractivity contribution in [2.45, 2.75) is 11.6 Å². The SMILES string of the molecule is NC1C=CC=CC1(N)C(=O)c1ccc2ccccc2c1. The Bertz CT molecular complexity index is 733. The summed E-state index contributed by atoms with van der Waals surface area (Å²) in [6, 6.07) is 13.0. The van der Waals surface area contributed by atoms with Crippen LogP contribution in [-0.2, 0) is 0 Å². The van der Waals surface area contributed by atoms with Gasteiger partial charge in [0.05, 0.1) is 6.04 Å². The van der Waals surface area contributed by atoms with Crippen LogP contribution in [0.5, 0.6) is 0 Å². The molecule has 3 nitrogen and oxygen atoms in total. The summed E-state index contributed by atoms with van der Waals surface area (Å²) in [7, 11) is 0. The van der Waals surface area contributed by atoms with Crippen molar-refractivity contribution in [1.82, 2.24) is 0 Å². The fraction of sp³-hybridized carbons (Fsp3) is 0.118. The summed E-state index contributed by atoms with van der Waals surface area (Å²) < 4.78 is 0. The second-order valence-electron chi connectivity index (χ2n) is 5.09. The molecule has 0 saturated heterocycles. The summed E-state index contributed by atoms with van der Waals surface area (Å²) in [5, 5.41) is 2.12. The molecule has 1 aliphatic carbocycles. The highest BCUT2D eigenvalue weighted by molar-refractivity contribution is 6.07.